The van der Waals surface area contributed by atoms with Crippen LogP contribution in [0.3, 0.4) is 0 Å². The van der Waals surface area contributed by atoms with E-state index >= 15 is 0 Å². The highest BCUT2D eigenvalue weighted by Gasteiger charge is 2.26. The van der Waals surface area contributed by atoms with Gasteiger partial charge < -0.3 is 29.3 Å². The molecule has 2 aromatic carbocycles. The normalized spacial score (nSPS) is 16.6. The molecule has 0 unspecified atom stereocenters. The summed E-state index contributed by atoms with van der Waals surface area (Å²) in [7, 11) is 5.74. The lowest BCUT2D eigenvalue weighted by atomic mass is 9.97. The minimum Gasteiger partial charge on any atom is -0.378 e. The van der Waals surface area contributed by atoms with Crippen LogP contribution < -0.4 is 20.7 Å². The molecule has 0 aliphatic carbocycles. The summed E-state index contributed by atoms with van der Waals surface area (Å²) in [4.78, 5) is 45.1. The minimum atomic E-state index is -0.625. The fourth-order valence-electron chi connectivity index (χ4n) is 5.43. The zero-order chi connectivity index (χ0) is 30.1. The monoisotopic (exact) mass is 691 g/mol. The Morgan fingerprint density at radius 1 is 0.977 bits per heavy atom. The number of carbonyl (C=O) groups is 2. The SMILES string of the molecule is CN(C)c1ccc2c(c1)CCN(c1cccc(-c3cc(NC4=CC=C(C(=O)N5CCOCC5)C=I4)c(=O)n(C)c3)c1)C2=O. The Hall–Kier alpha value is -4.03. The fourth-order valence-corrected chi connectivity index (χ4v) is 7.41. The molecule has 3 aliphatic heterocycles. The second-order valence-corrected chi connectivity index (χ2v) is 13.3. The smallest absolute Gasteiger partial charge is 0.274 e. The van der Waals surface area contributed by atoms with E-state index in [4.69, 9.17) is 4.74 Å². The Bertz CT molecular complexity index is 1750. The van der Waals surface area contributed by atoms with Gasteiger partial charge in [0, 0.05) is 75.0 Å². The standard InChI is InChI=1S/C33H34IN5O4/c1-36(2)26-8-9-28-23(18-26)11-12-39(32(28)41)27-6-4-5-22(17-27)25-19-29(33(42)37(3)21-25)35-30-10-7-24(20-34-30)31(40)38-13-15-43-16-14-38/h4-10,17-21,35H,11-16H2,1-3H3. The number of aryl methyl sites for hydroxylation is 1. The van der Waals surface area contributed by atoms with E-state index < -0.39 is 20.7 Å². The number of pyridine rings is 1. The Morgan fingerprint density at radius 3 is 2.53 bits per heavy atom. The van der Waals surface area contributed by atoms with Crippen molar-refractivity contribution in [3.63, 3.8) is 0 Å². The number of anilines is 3. The molecule has 3 aliphatic rings. The van der Waals surface area contributed by atoms with Gasteiger partial charge in [0.25, 0.3) is 17.4 Å². The zero-order valence-electron chi connectivity index (χ0n) is 24.5. The van der Waals surface area contributed by atoms with Crippen molar-refractivity contribution in [3.05, 3.63) is 97.6 Å². The first-order chi connectivity index (χ1) is 20.8. The summed E-state index contributed by atoms with van der Waals surface area (Å²) < 4.78 is 9.88. The molecule has 1 fully saturated rings. The van der Waals surface area contributed by atoms with E-state index in [0.29, 0.717) is 44.1 Å². The first kappa shape index (κ1) is 29.1. The fraction of sp³-hybridized carbons (Fsp3) is 0.273. The number of carbonyl (C=O) groups excluding carboxylic acids is 2. The van der Waals surface area contributed by atoms with Crippen LogP contribution in [-0.2, 0) is 23.0 Å². The maximum Gasteiger partial charge on any atom is 0.274 e. The van der Waals surface area contributed by atoms with Gasteiger partial charge in [-0.2, -0.15) is 0 Å². The van der Waals surface area contributed by atoms with E-state index in [9.17, 15) is 14.4 Å². The largest absolute Gasteiger partial charge is 0.378 e. The van der Waals surface area contributed by atoms with E-state index in [0.717, 1.165) is 43.8 Å². The summed E-state index contributed by atoms with van der Waals surface area (Å²) in [5, 5.41) is 3.34. The van der Waals surface area contributed by atoms with E-state index in [1.165, 1.54) is 0 Å². The average molecular weight is 692 g/mol. The molecule has 10 heteroatoms. The molecule has 9 nitrogen and oxygen atoms in total. The number of amides is 2. The third-order valence-corrected chi connectivity index (χ3v) is 10.1. The Morgan fingerprint density at radius 2 is 1.79 bits per heavy atom. The van der Waals surface area contributed by atoms with E-state index in [1.54, 1.807) is 11.6 Å². The van der Waals surface area contributed by atoms with Crippen molar-refractivity contribution in [2.75, 3.05) is 62.1 Å². The van der Waals surface area contributed by atoms with Crippen LogP contribution in [0.15, 0.2) is 81.0 Å². The summed E-state index contributed by atoms with van der Waals surface area (Å²) in [5.41, 5.74) is 6.53. The van der Waals surface area contributed by atoms with Crippen molar-refractivity contribution >= 4 is 53.6 Å². The third kappa shape index (κ3) is 6.07. The molecular weight excluding hydrogens is 657 g/mol. The van der Waals surface area contributed by atoms with Crippen LogP contribution in [0.1, 0.15) is 15.9 Å². The highest BCUT2D eigenvalue weighted by atomic mass is 127. The number of ether oxygens (including phenoxy) is 1. The van der Waals surface area contributed by atoms with Crippen molar-refractivity contribution in [1.29, 1.82) is 0 Å². The van der Waals surface area contributed by atoms with Crippen molar-refractivity contribution in [3.8, 4) is 11.1 Å². The Kier molecular flexibility index (Phi) is 8.31. The van der Waals surface area contributed by atoms with Crippen molar-refractivity contribution in [2.45, 2.75) is 6.42 Å². The van der Waals surface area contributed by atoms with Gasteiger partial charge in [-0.15, -0.1) is 0 Å². The van der Waals surface area contributed by atoms with E-state index in [2.05, 4.69) is 11.4 Å². The third-order valence-electron chi connectivity index (χ3n) is 7.86. The molecule has 2 amide bonds. The lowest BCUT2D eigenvalue weighted by molar-refractivity contribution is -0.130. The number of fused-ring (bicyclic) bond motifs is 1. The molecule has 1 saturated heterocycles. The van der Waals surface area contributed by atoms with Crippen molar-refractivity contribution < 1.29 is 14.3 Å². The van der Waals surface area contributed by atoms with Gasteiger partial charge in [-0.3, -0.25) is 14.4 Å². The number of halogens is 1. The zero-order valence-corrected chi connectivity index (χ0v) is 26.6. The summed E-state index contributed by atoms with van der Waals surface area (Å²) in [5.74, 6) is 0.0283. The lowest BCUT2D eigenvalue weighted by Crippen LogP contribution is -2.41. The number of aromatic nitrogens is 1. The van der Waals surface area contributed by atoms with Gasteiger partial charge >= 0.3 is 0 Å². The predicted molar refractivity (Wildman–Crippen MR) is 181 cm³/mol. The maximum atomic E-state index is 13.5. The summed E-state index contributed by atoms with van der Waals surface area (Å²) in [6, 6.07) is 15.8. The van der Waals surface area contributed by atoms with Gasteiger partial charge in [-0.1, -0.05) is 32.9 Å². The number of benzene rings is 2. The van der Waals surface area contributed by atoms with Gasteiger partial charge in [-0.05, 0) is 70.1 Å². The van der Waals surface area contributed by atoms with Crippen LogP contribution in [-0.4, -0.2) is 72.2 Å². The second kappa shape index (κ2) is 12.3. The predicted octanol–water partition coefficient (Wildman–Crippen LogP) is 4.15. The summed E-state index contributed by atoms with van der Waals surface area (Å²) >= 11 is -0.625. The van der Waals surface area contributed by atoms with Crippen LogP contribution in [0.2, 0.25) is 0 Å². The molecule has 6 rings (SSSR count). The maximum absolute atomic E-state index is 13.5. The van der Waals surface area contributed by atoms with Gasteiger partial charge in [0.05, 0.1) is 16.9 Å². The highest BCUT2D eigenvalue weighted by molar-refractivity contribution is 14.2. The van der Waals surface area contributed by atoms with Crippen molar-refractivity contribution in [2.24, 2.45) is 7.05 Å². The topological polar surface area (TPSA) is 87.1 Å². The van der Waals surface area contributed by atoms with Gasteiger partial charge in [0.2, 0.25) is 0 Å². The van der Waals surface area contributed by atoms with E-state index in [-0.39, 0.29) is 17.4 Å². The molecule has 0 saturated carbocycles. The molecule has 222 valence electrons. The number of hydrogen-bond acceptors (Lipinski definition) is 6. The summed E-state index contributed by atoms with van der Waals surface area (Å²) in [6.45, 7) is 2.96. The number of rotatable bonds is 6. The van der Waals surface area contributed by atoms with Gasteiger partial charge in [0.1, 0.15) is 5.69 Å². The molecule has 43 heavy (non-hydrogen) atoms. The molecule has 3 aromatic rings. The molecule has 0 atom stereocenters. The highest BCUT2D eigenvalue weighted by Crippen LogP contribution is 2.31. The Labute approximate surface area is 260 Å². The number of morpholine rings is 1. The molecule has 0 radical (unpaired) electrons. The summed E-state index contributed by atoms with van der Waals surface area (Å²) in [6.07, 6.45) is 6.34. The van der Waals surface area contributed by atoms with Crippen LogP contribution in [0, 0.1) is 0 Å². The number of hydrogen-bond donors (Lipinski definition) is 1. The second-order valence-electron chi connectivity index (χ2n) is 10.9. The van der Waals surface area contributed by atoms with Crippen LogP contribution in [0.4, 0.5) is 17.1 Å². The van der Waals surface area contributed by atoms with Crippen LogP contribution in [0.25, 0.3) is 11.1 Å². The number of allylic oxidation sites excluding steroid dienone is 2. The Balaban J connectivity index is 1.22. The van der Waals surface area contributed by atoms with E-state index in [1.807, 2.05) is 93.6 Å². The molecule has 0 bridgehead atoms. The van der Waals surface area contributed by atoms with Crippen molar-refractivity contribution in [1.82, 2.24) is 9.47 Å². The molecular formula is C33H34IN5O4. The molecule has 0 spiro atoms. The number of nitrogens with one attached hydrogen (secondary N) is 1. The lowest BCUT2D eigenvalue weighted by Gasteiger charge is -2.30. The van der Waals surface area contributed by atoms with Crippen LogP contribution >= 0.6 is 20.7 Å². The molecule has 1 N–H and O–H groups in total. The average Bonchev–Trinajstić information content (AvgIpc) is 3.03. The molecule has 4 heterocycles. The number of nitrogens with zero attached hydrogens (tertiary/aromatic N) is 4. The first-order valence-electron chi connectivity index (χ1n) is 14.2. The van der Waals surface area contributed by atoms with Gasteiger partial charge in [-0.25, -0.2) is 0 Å². The molecule has 1 aromatic heterocycles. The van der Waals surface area contributed by atoms with Crippen LogP contribution in [0.5, 0.6) is 0 Å². The minimum absolute atomic E-state index is 0.00420. The van der Waals surface area contributed by atoms with Gasteiger partial charge in [0.15, 0.2) is 0 Å². The quantitative estimate of drug-likeness (QED) is 0.309. The first-order valence-corrected chi connectivity index (χ1v) is 16.6.